The maximum Gasteiger partial charge on any atom is 0.221 e. The molecule has 0 bridgehead atoms. The van der Waals surface area contributed by atoms with Crippen molar-refractivity contribution in [1.82, 2.24) is 20.0 Å². The van der Waals surface area contributed by atoms with Crippen LogP contribution in [0.25, 0.3) is 0 Å². The number of aromatic nitrogens is 2. The van der Waals surface area contributed by atoms with E-state index in [1.807, 2.05) is 0 Å². The lowest BCUT2D eigenvalue weighted by atomic mass is 10.0. The van der Waals surface area contributed by atoms with Crippen LogP contribution in [0.5, 0.6) is 0 Å². The van der Waals surface area contributed by atoms with Gasteiger partial charge in [-0.3, -0.25) is 14.4 Å². The Labute approximate surface area is 130 Å². The summed E-state index contributed by atoms with van der Waals surface area (Å²) in [6.07, 6.45) is 7.05. The van der Waals surface area contributed by atoms with Gasteiger partial charge in [0.05, 0.1) is 17.8 Å². The van der Waals surface area contributed by atoms with E-state index in [-0.39, 0.29) is 18.6 Å². The SMILES string of the molecule is O=C(CCn1cc(Cl)cn1)NCCN1CCCC[C@H]1CO. The Kier molecular flexibility index (Phi) is 6.48. The molecule has 0 aromatic carbocycles. The first kappa shape index (κ1) is 16.3. The summed E-state index contributed by atoms with van der Waals surface area (Å²) in [5.74, 6) is 0.0131. The van der Waals surface area contributed by atoms with Crippen molar-refractivity contribution in [2.45, 2.75) is 38.3 Å². The molecule has 1 fully saturated rings. The van der Waals surface area contributed by atoms with Crippen LogP contribution >= 0.6 is 11.6 Å². The maximum atomic E-state index is 11.8. The second-order valence-electron chi connectivity index (χ2n) is 5.39. The van der Waals surface area contributed by atoms with Crippen LogP contribution in [0, 0.1) is 0 Å². The number of nitrogens with zero attached hydrogens (tertiary/aromatic N) is 3. The lowest BCUT2D eigenvalue weighted by Gasteiger charge is -2.34. The molecule has 0 unspecified atom stereocenters. The van der Waals surface area contributed by atoms with Gasteiger partial charge in [0, 0.05) is 38.3 Å². The Morgan fingerprint density at radius 3 is 3.05 bits per heavy atom. The van der Waals surface area contributed by atoms with E-state index in [1.54, 1.807) is 17.1 Å². The van der Waals surface area contributed by atoms with Gasteiger partial charge >= 0.3 is 0 Å². The number of aryl methyl sites for hydroxylation is 1. The van der Waals surface area contributed by atoms with Crippen LogP contribution < -0.4 is 5.32 Å². The number of aliphatic hydroxyl groups is 1. The van der Waals surface area contributed by atoms with Gasteiger partial charge in [-0.1, -0.05) is 18.0 Å². The molecule has 0 spiro atoms. The van der Waals surface area contributed by atoms with E-state index in [4.69, 9.17) is 11.6 Å². The van der Waals surface area contributed by atoms with Crippen LogP contribution in [-0.4, -0.2) is 58.0 Å². The molecule has 1 saturated heterocycles. The summed E-state index contributed by atoms with van der Waals surface area (Å²) < 4.78 is 1.66. The number of piperidine rings is 1. The summed E-state index contributed by atoms with van der Waals surface area (Å²) in [7, 11) is 0. The Bertz CT molecular complexity index is 452. The number of nitrogens with one attached hydrogen (secondary N) is 1. The van der Waals surface area contributed by atoms with Crippen molar-refractivity contribution >= 4 is 17.5 Å². The zero-order valence-corrected chi connectivity index (χ0v) is 12.9. The molecule has 2 heterocycles. The number of aliphatic hydroxyl groups excluding tert-OH is 1. The fraction of sp³-hybridized carbons (Fsp3) is 0.714. The number of likely N-dealkylation sites (tertiary alicyclic amines) is 1. The molecular weight excluding hydrogens is 292 g/mol. The van der Waals surface area contributed by atoms with Gasteiger partial charge in [0.25, 0.3) is 0 Å². The van der Waals surface area contributed by atoms with Crippen LogP contribution in [0.15, 0.2) is 12.4 Å². The van der Waals surface area contributed by atoms with Gasteiger partial charge < -0.3 is 10.4 Å². The summed E-state index contributed by atoms with van der Waals surface area (Å²) in [6, 6.07) is 0.252. The topological polar surface area (TPSA) is 70.4 Å². The molecule has 2 N–H and O–H groups in total. The standard InChI is InChI=1S/C14H23ClN4O2/c15-12-9-17-19(10-12)7-4-14(21)16-5-8-18-6-2-1-3-13(18)11-20/h9-10,13,20H,1-8,11H2,(H,16,21)/t13-/m0/s1. The number of hydrogen-bond acceptors (Lipinski definition) is 4. The molecule has 1 aromatic heterocycles. The third-order valence-electron chi connectivity index (χ3n) is 3.85. The van der Waals surface area contributed by atoms with Gasteiger partial charge in [-0.2, -0.15) is 5.10 Å². The lowest BCUT2D eigenvalue weighted by Crippen LogP contribution is -2.45. The van der Waals surface area contributed by atoms with Crippen molar-refractivity contribution < 1.29 is 9.90 Å². The maximum absolute atomic E-state index is 11.8. The second-order valence-corrected chi connectivity index (χ2v) is 5.83. The molecule has 1 aromatic rings. The number of amides is 1. The van der Waals surface area contributed by atoms with Gasteiger partial charge in [-0.25, -0.2) is 0 Å². The van der Waals surface area contributed by atoms with Gasteiger partial charge in [0.15, 0.2) is 0 Å². The number of hydrogen-bond donors (Lipinski definition) is 2. The van der Waals surface area contributed by atoms with Gasteiger partial charge in [-0.05, 0) is 19.4 Å². The molecule has 21 heavy (non-hydrogen) atoms. The Hall–Kier alpha value is -1.11. The van der Waals surface area contributed by atoms with Crippen LogP contribution in [0.4, 0.5) is 0 Å². The van der Waals surface area contributed by atoms with Gasteiger partial charge in [-0.15, -0.1) is 0 Å². The zero-order valence-electron chi connectivity index (χ0n) is 12.2. The van der Waals surface area contributed by atoms with E-state index in [1.165, 1.54) is 12.8 Å². The third-order valence-corrected chi connectivity index (χ3v) is 4.05. The van der Waals surface area contributed by atoms with Crippen LogP contribution in [0.1, 0.15) is 25.7 Å². The average Bonchev–Trinajstić information content (AvgIpc) is 2.91. The van der Waals surface area contributed by atoms with Crippen molar-refractivity contribution in [3.63, 3.8) is 0 Å². The predicted molar refractivity (Wildman–Crippen MR) is 81.2 cm³/mol. The summed E-state index contributed by atoms with van der Waals surface area (Å²) >= 11 is 5.76. The molecular formula is C14H23ClN4O2. The van der Waals surface area contributed by atoms with Crippen LogP contribution in [0.2, 0.25) is 5.02 Å². The highest BCUT2D eigenvalue weighted by molar-refractivity contribution is 6.30. The quantitative estimate of drug-likeness (QED) is 0.784. The predicted octanol–water partition coefficient (Wildman–Crippen LogP) is 0.890. The first-order chi connectivity index (χ1) is 10.2. The summed E-state index contributed by atoms with van der Waals surface area (Å²) in [5, 5.41) is 16.9. The van der Waals surface area contributed by atoms with E-state index in [9.17, 15) is 9.90 Å². The average molecular weight is 315 g/mol. The number of carbonyl (C=O) groups is 1. The highest BCUT2D eigenvalue weighted by Gasteiger charge is 2.20. The molecule has 0 radical (unpaired) electrons. The smallest absolute Gasteiger partial charge is 0.221 e. The van der Waals surface area contributed by atoms with E-state index < -0.39 is 0 Å². The first-order valence-electron chi connectivity index (χ1n) is 7.48. The molecule has 1 atom stereocenters. The molecule has 2 rings (SSSR count). The van der Waals surface area contributed by atoms with Crippen molar-refractivity contribution in [2.24, 2.45) is 0 Å². The zero-order chi connectivity index (χ0) is 15.1. The van der Waals surface area contributed by atoms with Crippen LogP contribution in [0.3, 0.4) is 0 Å². The fourth-order valence-corrected chi connectivity index (χ4v) is 2.82. The summed E-state index contributed by atoms with van der Waals surface area (Å²) in [6.45, 7) is 3.15. The number of rotatable bonds is 7. The van der Waals surface area contributed by atoms with Crippen LogP contribution in [-0.2, 0) is 11.3 Å². The molecule has 7 heteroatoms. The second kappa shape index (κ2) is 8.36. The minimum atomic E-state index is 0.0131. The molecule has 0 aliphatic carbocycles. The third kappa shape index (κ3) is 5.30. The number of halogens is 1. The lowest BCUT2D eigenvalue weighted by molar-refractivity contribution is -0.121. The fourth-order valence-electron chi connectivity index (χ4n) is 2.67. The molecule has 118 valence electrons. The normalized spacial score (nSPS) is 19.6. The Balaban J connectivity index is 1.62. The van der Waals surface area contributed by atoms with Gasteiger partial charge in [0.2, 0.25) is 5.91 Å². The van der Waals surface area contributed by atoms with Crippen molar-refractivity contribution in [3.05, 3.63) is 17.4 Å². The van der Waals surface area contributed by atoms with E-state index in [0.29, 0.717) is 24.5 Å². The minimum absolute atomic E-state index is 0.0131. The molecule has 1 aliphatic heterocycles. The number of carbonyl (C=O) groups excluding carboxylic acids is 1. The largest absolute Gasteiger partial charge is 0.395 e. The summed E-state index contributed by atoms with van der Waals surface area (Å²) in [5.41, 5.74) is 0. The van der Waals surface area contributed by atoms with Gasteiger partial charge in [0.1, 0.15) is 0 Å². The van der Waals surface area contributed by atoms with E-state index in [0.717, 1.165) is 19.5 Å². The van der Waals surface area contributed by atoms with Crippen molar-refractivity contribution in [1.29, 1.82) is 0 Å². The first-order valence-corrected chi connectivity index (χ1v) is 7.86. The minimum Gasteiger partial charge on any atom is -0.395 e. The highest BCUT2D eigenvalue weighted by Crippen LogP contribution is 2.15. The Morgan fingerprint density at radius 1 is 1.48 bits per heavy atom. The highest BCUT2D eigenvalue weighted by atomic mass is 35.5. The molecule has 1 amide bonds. The molecule has 0 saturated carbocycles. The molecule has 1 aliphatic rings. The van der Waals surface area contributed by atoms with Crippen molar-refractivity contribution in [3.8, 4) is 0 Å². The van der Waals surface area contributed by atoms with E-state index >= 15 is 0 Å². The van der Waals surface area contributed by atoms with Crippen molar-refractivity contribution in [2.75, 3.05) is 26.2 Å². The monoisotopic (exact) mass is 314 g/mol. The Morgan fingerprint density at radius 2 is 2.33 bits per heavy atom. The van der Waals surface area contributed by atoms with E-state index in [2.05, 4.69) is 15.3 Å². The molecule has 6 nitrogen and oxygen atoms in total. The summed E-state index contributed by atoms with van der Waals surface area (Å²) in [4.78, 5) is 14.0.